The Morgan fingerprint density at radius 3 is 2.76 bits per heavy atom. The number of carboxylic acids is 1. The van der Waals surface area contributed by atoms with Crippen molar-refractivity contribution >= 4 is 5.97 Å². The first-order valence-corrected chi connectivity index (χ1v) is 7.83. The Morgan fingerprint density at radius 2 is 2.05 bits per heavy atom. The number of hydrogen-bond acceptors (Lipinski definition) is 3. The van der Waals surface area contributed by atoms with E-state index in [4.69, 9.17) is 4.74 Å². The Labute approximate surface area is 126 Å². The Balaban J connectivity index is 1.64. The predicted octanol–water partition coefficient (Wildman–Crippen LogP) is 3.09. The largest absolute Gasteiger partial charge is 0.494 e. The molecule has 1 aromatic rings. The van der Waals surface area contributed by atoms with Crippen molar-refractivity contribution in [3.8, 4) is 5.75 Å². The number of carboxylic acid groups (broad SMARTS) is 1. The number of nitrogens with zero attached hydrogens (tertiary/aromatic N) is 1. The van der Waals surface area contributed by atoms with E-state index < -0.39 is 5.97 Å². The standard InChI is InChI=1S/C17H25NO3/c1-14-7-9-15(10-8-14)21-13-5-4-12-18-11-3-2-6-16(18)17(19)20/h7-10,16H,2-6,11-13H2,1H3,(H,19,20). The molecule has 1 unspecified atom stereocenters. The van der Waals surface area contributed by atoms with Crippen LogP contribution in [0.4, 0.5) is 0 Å². The van der Waals surface area contributed by atoms with Crippen LogP contribution in [0.2, 0.25) is 0 Å². The predicted molar refractivity (Wildman–Crippen MR) is 82.8 cm³/mol. The third kappa shape index (κ3) is 5.05. The van der Waals surface area contributed by atoms with Crippen LogP contribution in [0.3, 0.4) is 0 Å². The minimum absolute atomic E-state index is 0.281. The maximum Gasteiger partial charge on any atom is 0.320 e. The van der Waals surface area contributed by atoms with Crippen LogP contribution in [0.15, 0.2) is 24.3 Å². The summed E-state index contributed by atoms with van der Waals surface area (Å²) < 4.78 is 5.69. The molecule has 1 aromatic carbocycles. The van der Waals surface area contributed by atoms with E-state index >= 15 is 0 Å². The van der Waals surface area contributed by atoms with Crippen molar-refractivity contribution in [1.82, 2.24) is 4.90 Å². The maximum atomic E-state index is 11.2. The van der Waals surface area contributed by atoms with Crippen LogP contribution in [0.5, 0.6) is 5.75 Å². The lowest BCUT2D eigenvalue weighted by molar-refractivity contribution is -0.144. The van der Waals surface area contributed by atoms with Crippen molar-refractivity contribution in [1.29, 1.82) is 0 Å². The first kappa shape index (κ1) is 15.8. The number of piperidine rings is 1. The number of hydrogen-bond donors (Lipinski definition) is 1. The molecule has 0 amide bonds. The molecule has 116 valence electrons. The van der Waals surface area contributed by atoms with Gasteiger partial charge in [-0.25, -0.2) is 0 Å². The molecule has 0 aromatic heterocycles. The second kappa shape index (κ2) is 8.03. The van der Waals surface area contributed by atoms with Crippen LogP contribution >= 0.6 is 0 Å². The molecule has 0 aliphatic carbocycles. The quantitative estimate of drug-likeness (QED) is 0.784. The van der Waals surface area contributed by atoms with E-state index in [1.54, 1.807) is 0 Å². The Kier molecular flexibility index (Phi) is 6.05. The Hall–Kier alpha value is -1.55. The molecule has 0 saturated carbocycles. The van der Waals surface area contributed by atoms with Gasteiger partial charge in [0.15, 0.2) is 0 Å². The zero-order valence-electron chi connectivity index (χ0n) is 12.8. The van der Waals surface area contributed by atoms with Gasteiger partial charge in [-0.1, -0.05) is 24.1 Å². The van der Waals surface area contributed by atoms with Crippen molar-refractivity contribution in [2.24, 2.45) is 0 Å². The topological polar surface area (TPSA) is 49.8 Å². The number of carbonyl (C=O) groups is 1. The summed E-state index contributed by atoms with van der Waals surface area (Å²) in [6, 6.07) is 7.78. The smallest absolute Gasteiger partial charge is 0.320 e. The zero-order chi connectivity index (χ0) is 15.1. The van der Waals surface area contributed by atoms with Crippen LogP contribution in [0, 0.1) is 6.92 Å². The Bertz CT molecular complexity index is 444. The normalized spacial score (nSPS) is 19.4. The molecular formula is C17H25NO3. The molecule has 4 heteroatoms. The summed E-state index contributed by atoms with van der Waals surface area (Å²) in [7, 11) is 0. The highest BCUT2D eigenvalue weighted by Gasteiger charge is 2.27. The van der Waals surface area contributed by atoms with Crippen LogP contribution < -0.4 is 4.74 Å². The second-order valence-electron chi connectivity index (χ2n) is 5.75. The van der Waals surface area contributed by atoms with Gasteiger partial charge in [-0.15, -0.1) is 0 Å². The molecule has 1 atom stereocenters. The maximum absolute atomic E-state index is 11.2. The van der Waals surface area contributed by atoms with E-state index in [0.717, 1.165) is 50.9 Å². The molecule has 1 saturated heterocycles. The third-order valence-corrected chi connectivity index (χ3v) is 4.03. The van der Waals surface area contributed by atoms with Gasteiger partial charge in [0.1, 0.15) is 11.8 Å². The highest BCUT2D eigenvalue weighted by atomic mass is 16.5. The van der Waals surface area contributed by atoms with Crippen molar-refractivity contribution in [3.63, 3.8) is 0 Å². The van der Waals surface area contributed by atoms with Gasteiger partial charge in [-0.2, -0.15) is 0 Å². The minimum Gasteiger partial charge on any atom is -0.494 e. The van der Waals surface area contributed by atoms with E-state index in [1.807, 2.05) is 24.3 Å². The lowest BCUT2D eigenvalue weighted by atomic mass is 10.0. The van der Waals surface area contributed by atoms with Crippen molar-refractivity contribution in [2.75, 3.05) is 19.7 Å². The molecule has 0 spiro atoms. The van der Waals surface area contributed by atoms with Gasteiger partial charge in [0, 0.05) is 0 Å². The molecule has 1 fully saturated rings. The average Bonchev–Trinajstić information content (AvgIpc) is 2.49. The van der Waals surface area contributed by atoms with E-state index in [9.17, 15) is 9.90 Å². The molecule has 1 N–H and O–H groups in total. The highest BCUT2D eigenvalue weighted by molar-refractivity contribution is 5.73. The molecule has 0 radical (unpaired) electrons. The summed E-state index contributed by atoms with van der Waals surface area (Å²) in [5.74, 6) is 0.229. The molecule has 2 rings (SSSR count). The lowest BCUT2D eigenvalue weighted by Crippen LogP contribution is -2.45. The van der Waals surface area contributed by atoms with Gasteiger partial charge in [0.2, 0.25) is 0 Å². The molecular weight excluding hydrogens is 266 g/mol. The van der Waals surface area contributed by atoms with Gasteiger partial charge >= 0.3 is 5.97 Å². The van der Waals surface area contributed by atoms with Crippen molar-refractivity contribution < 1.29 is 14.6 Å². The second-order valence-corrected chi connectivity index (χ2v) is 5.75. The van der Waals surface area contributed by atoms with E-state index in [-0.39, 0.29) is 6.04 Å². The van der Waals surface area contributed by atoms with Crippen molar-refractivity contribution in [3.05, 3.63) is 29.8 Å². The van der Waals surface area contributed by atoms with E-state index in [1.165, 1.54) is 5.56 Å². The molecule has 1 aliphatic heterocycles. The molecule has 1 heterocycles. The number of aliphatic carboxylic acids is 1. The van der Waals surface area contributed by atoms with Crippen LogP contribution in [-0.2, 0) is 4.79 Å². The molecule has 0 bridgehead atoms. The van der Waals surface area contributed by atoms with Crippen LogP contribution in [-0.4, -0.2) is 41.7 Å². The van der Waals surface area contributed by atoms with Crippen molar-refractivity contribution in [2.45, 2.75) is 45.1 Å². The summed E-state index contributed by atoms with van der Waals surface area (Å²) in [6.07, 6.45) is 4.87. The van der Waals surface area contributed by atoms with E-state index in [0.29, 0.717) is 6.61 Å². The van der Waals surface area contributed by atoms with Gasteiger partial charge in [-0.3, -0.25) is 9.69 Å². The fourth-order valence-corrected chi connectivity index (χ4v) is 2.78. The number of aryl methyl sites for hydroxylation is 1. The number of rotatable bonds is 7. The SMILES string of the molecule is Cc1ccc(OCCCCN2CCCCC2C(=O)O)cc1. The summed E-state index contributed by atoms with van der Waals surface area (Å²) >= 11 is 0. The first-order chi connectivity index (χ1) is 10.2. The minimum atomic E-state index is -0.675. The monoisotopic (exact) mass is 291 g/mol. The number of unbranched alkanes of at least 4 members (excludes halogenated alkanes) is 1. The molecule has 1 aliphatic rings. The molecule has 21 heavy (non-hydrogen) atoms. The fourth-order valence-electron chi connectivity index (χ4n) is 2.78. The number of ether oxygens (including phenoxy) is 1. The Morgan fingerprint density at radius 1 is 1.29 bits per heavy atom. The first-order valence-electron chi connectivity index (χ1n) is 7.83. The van der Waals surface area contributed by atoms with E-state index in [2.05, 4.69) is 11.8 Å². The average molecular weight is 291 g/mol. The molecule has 4 nitrogen and oxygen atoms in total. The number of benzene rings is 1. The summed E-state index contributed by atoms with van der Waals surface area (Å²) in [4.78, 5) is 13.3. The zero-order valence-corrected chi connectivity index (χ0v) is 12.8. The number of likely N-dealkylation sites (tertiary alicyclic amines) is 1. The van der Waals surface area contributed by atoms with Gasteiger partial charge in [0.05, 0.1) is 6.61 Å². The van der Waals surface area contributed by atoms with Crippen LogP contribution in [0.1, 0.15) is 37.7 Å². The van der Waals surface area contributed by atoms with Gasteiger partial charge in [-0.05, 0) is 57.8 Å². The van der Waals surface area contributed by atoms with Gasteiger partial charge in [0.25, 0.3) is 0 Å². The lowest BCUT2D eigenvalue weighted by Gasteiger charge is -2.32. The van der Waals surface area contributed by atoms with Gasteiger partial charge < -0.3 is 9.84 Å². The summed E-state index contributed by atoms with van der Waals surface area (Å²) in [6.45, 7) is 4.51. The third-order valence-electron chi connectivity index (χ3n) is 4.03. The summed E-state index contributed by atoms with van der Waals surface area (Å²) in [5, 5.41) is 9.22. The highest BCUT2D eigenvalue weighted by Crippen LogP contribution is 2.18. The fraction of sp³-hybridized carbons (Fsp3) is 0.588. The van der Waals surface area contributed by atoms with Crippen LogP contribution in [0.25, 0.3) is 0 Å². The summed E-state index contributed by atoms with van der Waals surface area (Å²) in [5.41, 5.74) is 1.23.